The van der Waals surface area contributed by atoms with Crippen molar-refractivity contribution in [2.24, 2.45) is 5.92 Å². The van der Waals surface area contributed by atoms with Crippen LogP contribution in [0.5, 0.6) is 17.2 Å². The molecule has 2 aromatic carbocycles. The molecule has 1 unspecified atom stereocenters. The molecule has 35 heavy (non-hydrogen) atoms. The number of carbonyl (C=O) groups excluding carboxylic acids is 2. The molecule has 5 rings (SSSR count). The molecule has 8 heteroatoms. The molecule has 1 amide bonds. The number of benzene rings is 2. The number of fused-ring (bicyclic) bond motifs is 1. The Hall–Kier alpha value is -4.20. The van der Waals surface area contributed by atoms with Crippen LogP contribution in [0.2, 0.25) is 0 Å². The lowest BCUT2D eigenvalue weighted by atomic mass is 9.99. The third-order valence-corrected chi connectivity index (χ3v) is 5.82. The van der Waals surface area contributed by atoms with Gasteiger partial charge in [-0.1, -0.05) is 13.8 Å². The van der Waals surface area contributed by atoms with Crippen molar-refractivity contribution in [3.63, 3.8) is 0 Å². The van der Waals surface area contributed by atoms with Gasteiger partial charge in [-0.3, -0.25) is 14.5 Å². The van der Waals surface area contributed by atoms with Gasteiger partial charge in [0, 0.05) is 17.3 Å². The van der Waals surface area contributed by atoms with Gasteiger partial charge in [-0.25, -0.2) is 0 Å². The van der Waals surface area contributed by atoms with Crippen molar-refractivity contribution in [2.45, 2.75) is 26.8 Å². The molecule has 0 radical (unpaired) electrons. The number of Topliss-reactive ketones (excluding diaryl/α,β-unsaturated/α-hetero) is 1. The first kappa shape index (κ1) is 22.6. The van der Waals surface area contributed by atoms with E-state index in [0.717, 1.165) is 0 Å². The maximum Gasteiger partial charge on any atom is 0.300 e. The highest BCUT2D eigenvalue weighted by atomic mass is 16.7. The Balaban J connectivity index is 1.58. The van der Waals surface area contributed by atoms with Crippen LogP contribution in [-0.2, 0) is 9.59 Å². The number of nitrogens with zero attached hydrogens (tertiary/aromatic N) is 1. The fourth-order valence-corrected chi connectivity index (χ4v) is 4.13. The number of aliphatic hydroxyl groups is 1. The zero-order chi connectivity index (χ0) is 24.7. The molecule has 1 saturated heterocycles. The Morgan fingerprint density at radius 2 is 1.80 bits per heavy atom. The predicted octanol–water partition coefficient (Wildman–Crippen LogP) is 4.98. The van der Waals surface area contributed by atoms with Crippen LogP contribution in [0.3, 0.4) is 0 Å². The lowest BCUT2D eigenvalue weighted by molar-refractivity contribution is -0.132. The fraction of sp³-hybridized carbons (Fsp3) is 0.259. The van der Waals surface area contributed by atoms with Crippen LogP contribution in [0.25, 0.3) is 5.76 Å². The van der Waals surface area contributed by atoms with Crippen molar-refractivity contribution in [3.05, 3.63) is 77.3 Å². The zero-order valence-electron chi connectivity index (χ0n) is 19.6. The highest BCUT2D eigenvalue weighted by Gasteiger charge is 2.48. The van der Waals surface area contributed by atoms with Crippen molar-refractivity contribution in [2.75, 3.05) is 18.3 Å². The average molecular weight is 475 g/mol. The van der Waals surface area contributed by atoms with E-state index in [1.54, 1.807) is 61.5 Å². The van der Waals surface area contributed by atoms with Crippen molar-refractivity contribution in [3.8, 4) is 17.2 Å². The molecule has 0 aliphatic carbocycles. The Labute approximate surface area is 202 Å². The fourth-order valence-electron chi connectivity index (χ4n) is 4.13. The summed E-state index contributed by atoms with van der Waals surface area (Å²) < 4.78 is 22.4. The second kappa shape index (κ2) is 8.87. The van der Waals surface area contributed by atoms with Crippen LogP contribution in [0.15, 0.2) is 64.6 Å². The number of rotatable bonds is 6. The highest BCUT2D eigenvalue weighted by molar-refractivity contribution is 6.51. The van der Waals surface area contributed by atoms with Crippen molar-refractivity contribution >= 4 is 23.1 Å². The third-order valence-electron chi connectivity index (χ3n) is 5.82. The van der Waals surface area contributed by atoms with Gasteiger partial charge in [0.05, 0.1) is 12.2 Å². The Morgan fingerprint density at radius 1 is 1.06 bits per heavy atom. The normalized spacial score (nSPS) is 18.5. The second-order valence-electron chi connectivity index (χ2n) is 8.88. The van der Waals surface area contributed by atoms with E-state index in [-0.39, 0.29) is 18.1 Å². The summed E-state index contributed by atoms with van der Waals surface area (Å²) >= 11 is 0. The molecular formula is C27H25NO7. The standard InChI is InChI=1S/C27H25NO7/c1-15(2)13-32-19-8-5-17(6-9-19)25(29)23-24(21-10-4-16(3)35-21)28(27(31)26(23)30)18-7-11-20-22(12-18)34-14-33-20/h4-12,15,24,29H,13-14H2,1-3H3/b25-23-. The molecule has 0 spiro atoms. The molecule has 1 fully saturated rings. The maximum absolute atomic E-state index is 13.2. The number of aliphatic hydroxyl groups excluding tert-OH is 1. The van der Waals surface area contributed by atoms with E-state index < -0.39 is 17.7 Å². The Kier molecular flexibility index (Phi) is 5.72. The van der Waals surface area contributed by atoms with Gasteiger partial charge in [0.1, 0.15) is 29.1 Å². The monoisotopic (exact) mass is 475 g/mol. The summed E-state index contributed by atoms with van der Waals surface area (Å²) in [6.45, 7) is 6.51. The predicted molar refractivity (Wildman–Crippen MR) is 128 cm³/mol. The van der Waals surface area contributed by atoms with Gasteiger partial charge >= 0.3 is 0 Å². The van der Waals surface area contributed by atoms with Crippen LogP contribution < -0.4 is 19.1 Å². The van der Waals surface area contributed by atoms with Crippen LogP contribution in [0.4, 0.5) is 5.69 Å². The van der Waals surface area contributed by atoms with Gasteiger partial charge in [-0.2, -0.15) is 0 Å². The lowest BCUT2D eigenvalue weighted by Gasteiger charge is -2.23. The summed E-state index contributed by atoms with van der Waals surface area (Å²) in [5.74, 6) is 1.13. The summed E-state index contributed by atoms with van der Waals surface area (Å²) in [6, 6.07) is 14.2. The zero-order valence-corrected chi connectivity index (χ0v) is 19.6. The van der Waals surface area contributed by atoms with E-state index in [1.165, 1.54) is 4.90 Å². The molecule has 3 aromatic rings. The number of ether oxygens (including phenoxy) is 3. The average Bonchev–Trinajstić information content (AvgIpc) is 3.55. The number of amides is 1. The molecule has 1 aromatic heterocycles. The highest BCUT2D eigenvalue weighted by Crippen LogP contribution is 2.45. The molecule has 1 N–H and O–H groups in total. The van der Waals surface area contributed by atoms with Gasteiger partial charge in [0.2, 0.25) is 6.79 Å². The molecule has 2 aliphatic rings. The van der Waals surface area contributed by atoms with E-state index in [2.05, 4.69) is 13.8 Å². The minimum Gasteiger partial charge on any atom is -0.507 e. The van der Waals surface area contributed by atoms with E-state index >= 15 is 0 Å². The second-order valence-corrected chi connectivity index (χ2v) is 8.88. The molecule has 180 valence electrons. The number of furan rings is 1. The Morgan fingerprint density at radius 3 is 2.49 bits per heavy atom. The number of ketones is 1. The summed E-state index contributed by atoms with van der Waals surface area (Å²) in [5, 5.41) is 11.2. The largest absolute Gasteiger partial charge is 0.507 e. The topological polar surface area (TPSA) is 98.4 Å². The number of carbonyl (C=O) groups is 2. The molecule has 2 aliphatic heterocycles. The van der Waals surface area contributed by atoms with E-state index in [0.29, 0.717) is 52.5 Å². The van der Waals surface area contributed by atoms with Crippen LogP contribution >= 0.6 is 0 Å². The molecule has 0 bridgehead atoms. The lowest BCUT2D eigenvalue weighted by Crippen LogP contribution is -2.29. The quantitative estimate of drug-likeness (QED) is 0.305. The minimum atomic E-state index is -0.957. The van der Waals surface area contributed by atoms with Crippen LogP contribution in [-0.4, -0.2) is 30.2 Å². The SMILES string of the molecule is Cc1ccc(C2/C(=C(/O)c3ccc(OCC(C)C)cc3)C(=O)C(=O)N2c2ccc3c(c2)OCO3)o1. The maximum atomic E-state index is 13.2. The summed E-state index contributed by atoms with van der Waals surface area (Å²) in [7, 11) is 0. The number of hydrogen-bond acceptors (Lipinski definition) is 7. The van der Waals surface area contributed by atoms with E-state index in [1.807, 2.05) is 0 Å². The molecule has 0 saturated carbocycles. The van der Waals surface area contributed by atoms with Gasteiger partial charge in [0.25, 0.3) is 11.7 Å². The third kappa shape index (κ3) is 4.12. The van der Waals surface area contributed by atoms with Crippen molar-refractivity contribution < 1.29 is 33.3 Å². The first-order valence-electron chi connectivity index (χ1n) is 11.3. The Bertz CT molecular complexity index is 1320. The molecule has 8 nitrogen and oxygen atoms in total. The number of aryl methyl sites for hydroxylation is 1. The van der Waals surface area contributed by atoms with Crippen molar-refractivity contribution in [1.82, 2.24) is 0 Å². The summed E-state index contributed by atoms with van der Waals surface area (Å²) in [4.78, 5) is 27.8. The van der Waals surface area contributed by atoms with Gasteiger partial charge in [-0.15, -0.1) is 0 Å². The molecular weight excluding hydrogens is 450 g/mol. The number of hydrogen-bond donors (Lipinski definition) is 1. The summed E-state index contributed by atoms with van der Waals surface area (Å²) in [5.41, 5.74) is 0.753. The van der Waals surface area contributed by atoms with Gasteiger partial charge in [0.15, 0.2) is 11.5 Å². The summed E-state index contributed by atoms with van der Waals surface area (Å²) in [6.07, 6.45) is 0. The molecule has 3 heterocycles. The van der Waals surface area contributed by atoms with Crippen LogP contribution in [0.1, 0.15) is 37.0 Å². The first-order chi connectivity index (χ1) is 16.8. The van der Waals surface area contributed by atoms with Crippen LogP contribution in [0, 0.1) is 12.8 Å². The van der Waals surface area contributed by atoms with Crippen molar-refractivity contribution in [1.29, 1.82) is 0 Å². The van der Waals surface area contributed by atoms with Gasteiger partial charge < -0.3 is 23.7 Å². The van der Waals surface area contributed by atoms with E-state index in [9.17, 15) is 14.7 Å². The number of anilines is 1. The minimum absolute atomic E-state index is 0.0575. The first-order valence-corrected chi connectivity index (χ1v) is 11.3. The smallest absolute Gasteiger partial charge is 0.300 e. The van der Waals surface area contributed by atoms with E-state index in [4.69, 9.17) is 18.6 Å². The molecule has 1 atom stereocenters. The van der Waals surface area contributed by atoms with Gasteiger partial charge in [-0.05, 0) is 61.4 Å².